The van der Waals surface area contributed by atoms with Crippen LogP contribution in [0.15, 0.2) is 5.38 Å². The third-order valence-electron chi connectivity index (χ3n) is 2.90. The van der Waals surface area contributed by atoms with Crippen molar-refractivity contribution in [2.24, 2.45) is 0 Å². The molecule has 1 aromatic heterocycles. The van der Waals surface area contributed by atoms with Crippen molar-refractivity contribution in [3.63, 3.8) is 0 Å². The van der Waals surface area contributed by atoms with Crippen LogP contribution in [0.5, 0.6) is 0 Å². The predicted octanol–water partition coefficient (Wildman–Crippen LogP) is 0.478. The van der Waals surface area contributed by atoms with Crippen molar-refractivity contribution in [3.05, 3.63) is 11.1 Å². The molecule has 0 saturated carbocycles. The van der Waals surface area contributed by atoms with Crippen molar-refractivity contribution in [2.45, 2.75) is 25.3 Å². The number of piperidine rings is 1. The van der Waals surface area contributed by atoms with Gasteiger partial charge in [-0.05, 0) is 26.4 Å². The Kier molecular flexibility index (Phi) is 3.96. The van der Waals surface area contributed by atoms with Gasteiger partial charge in [0.15, 0.2) is 5.13 Å². The van der Waals surface area contributed by atoms with Gasteiger partial charge in [0.1, 0.15) is 0 Å². The Morgan fingerprint density at radius 3 is 3.24 bits per heavy atom. The van der Waals surface area contributed by atoms with Crippen LogP contribution in [0.3, 0.4) is 0 Å². The molecule has 3 N–H and O–H groups in total. The number of likely N-dealkylation sites (tertiary alicyclic amines) is 1. The van der Waals surface area contributed by atoms with Crippen LogP contribution in [0.25, 0.3) is 0 Å². The average Bonchev–Trinajstić information content (AvgIpc) is 2.63. The number of rotatable bonds is 3. The van der Waals surface area contributed by atoms with Crippen LogP contribution < -0.4 is 11.1 Å². The molecule has 2 rings (SSSR count). The summed E-state index contributed by atoms with van der Waals surface area (Å²) in [5.74, 6) is 0.0376. The second-order valence-corrected chi connectivity index (χ2v) is 5.41. The van der Waals surface area contributed by atoms with Crippen molar-refractivity contribution < 1.29 is 4.79 Å². The summed E-state index contributed by atoms with van der Waals surface area (Å²) in [5, 5.41) is 5.40. The van der Waals surface area contributed by atoms with Gasteiger partial charge in [-0.1, -0.05) is 0 Å². The minimum Gasteiger partial charge on any atom is -0.375 e. The zero-order chi connectivity index (χ0) is 12.3. The van der Waals surface area contributed by atoms with Gasteiger partial charge in [-0.2, -0.15) is 0 Å². The molecule has 2 heterocycles. The van der Waals surface area contributed by atoms with Crippen LogP contribution in [0, 0.1) is 0 Å². The number of nitrogens with two attached hydrogens (primary N) is 1. The first-order valence-corrected chi connectivity index (χ1v) is 6.69. The molecule has 6 heteroatoms. The maximum Gasteiger partial charge on any atom is 0.226 e. The summed E-state index contributed by atoms with van der Waals surface area (Å²) in [6.07, 6.45) is 2.54. The lowest BCUT2D eigenvalue weighted by atomic mass is 10.1. The van der Waals surface area contributed by atoms with Gasteiger partial charge in [-0.15, -0.1) is 11.3 Å². The van der Waals surface area contributed by atoms with Crippen LogP contribution in [-0.4, -0.2) is 42.0 Å². The largest absolute Gasteiger partial charge is 0.375 e. The fraction of sp³-hybridized carbons (Fsp3) is 0.636. The minimum atomic E-state index is 0.0376. The van der Waals surface area contributed by atoms with E-state index >= 15 is 0 Å². The number of anilines is 1. The number of aromatic nitrogens is 1. The van der Waals surface area contributed by atoms with Gasteiger partial charge in [0.05, 0.1) is 12.1 Å². The number of carbonyl (C=O) groups is 1. The first kappa shape index (κ1) is 12.3. The highest BCUT2D eigenvalue weighted by Gasteiger charge is 2.19. The number of hydrogen-bond acceptors (Lipinski definition) is 5. The van der Waals surface area contributed by atoms with Crippen LogP contribution in [-0.2, 0) is 11.2 Å². The fourth-order valence-electron chi connectivity index (χ4n) is 2.13. The van der Waals surface area contributed by atoms with Crippen molar-refractivity contribution in [1.29, 1.82) is 0 Å². The fourth-order valence-corrected chi connectivity index (χ4v) is 2.69. The lowest BCUT2D eigenvalue weighted by Crippen LogP contribution is -2.46. The summed E-state index contributed by atoms with van der Waals surface area (Å²) in [6, 6.07) is 0.275. The molecule has 1 aliphatic heterocycles. The van der Waals surface area contributed by atoms with E-state index in [-0.39, 0.29) is 11.9 Å². The molecule has 0 aliphatic carbocycles. The maximum atomic E-state index is 11.8. The summed E-state index contributed by atoms with van der Waals surface area (Å²) in [4.78, 5) is 18.1. The van der Waals surface area contributed by atoms with Gasteiger partial charge in [0.2, 0.25) is 5.91 Å². The molecule has 0 aromatic carbocycles. The standard InChI is InChI=1S/C11H18N4OS/c1-15-4-2-3-8(6-15)13-10(16)5-9-7-17-11(12)14-9/h7-8H,2-6H2,1H3,(H2,12,14)(H,13,16). The summed E-state index contributed by atoms with van der Waals surface area (Å²) < 4.78 is 0. The molecule has 1 amide bonds. The first-order valence-electron chi connectivity index (χ1n) is 5.81. The predicted molar refractivity (Wildman–Crippen MR) is 68.9 cm³/mol. The topological polar surface area (TPSA) is 71.2 Å². The van der Waals surface area contributed by atoms with E-state index < -0.39 is 0 Å². The van der Waals surface area contributed by atoms with Crippen LogP contribution in [0.1, 0.15) is 18.5 Å². The van der Waals surface area contributed by atoms with E-state index in [1.807, 2.05) is 5.38 Å². The van der Waals surface area contributed by atoms with E-state index in [0.29, 0.717) is 11.6 Å². The molecule has 1 aromatic rings. The normalized spacial score (nSPS) is 21.4. The first-order chi connectivity index (χ1) is 8.13. The Hall–Kier alpha value is -1.14. The molecule has 1 unspecified atom stereocenters. The Morgan fingerprint density at radius 1 is 1.76 bits per heavy atom. The quantitative estimate of drug-likeness (QED) is 0.823. The van der Waals surface area contributed by atoms with Crippen LogP contribution >= 0.6 is 11.3 Å². The van der Waals surface area contributed by atoms with Crippen molar-refractivity contribution in [2.75, 3.05) is 25.9 Å². The number of nitrogens with one attached hydrogen (secondary N) is 1. The summed E-state index contributed by atoms with van der Waals surface area (Å²) in [6.45, 7) is 2.06. The van der Waals surface area contributed by atoms with E-state index in [9.17, 15) is 4.79 Å². The smallest absolute Gasteiger partial charge is 0.226 e. The molecule has 1 atom stereocenters. The van der Waals surface area contributed by atoms with Crippen LogP contribution in [0.4, 0.5) is 5.13 Å². The number of thiazole rings is 1. The number of nitrogen functional groups attached to an aromatic ring is 1. The third kappa shape index (κ3) is 3.67. The number of nitrogens with zero attached hydrogens (tertiary/aromatic N) is 2. The van der Waals surface area contributed by atoms with Gasteiger partial charge >= 0.3 is 0 Å². The number of carbonyl (C=O) groups excluding carboxylic acids is 1. The molecule has 1 aliphatic rings. The zero-order valence-corrected chi connectivity index (χ0v) is 10.8. The Bertz CT molecular complexity index is 393. The molecular weight excluding hydrogens is 236 g/mol. The highest BCUT2D eigenvalue weighted by Crippen LogP contribution is 2.12. The monoisotopic (exact) mass is 254 g/mol. The molecule has 5 nitrogen and oxygen atoms in total. The minimum absolute atomic E-state index is 0.0376. The zero-order valence-electron chi connectivity index (χ0n) is 9.98. The van der Waals surface area contributed by atoms with E-state index in [0.717, 1.165) is 31.6 Å². The molecule has 1 saturated heterocycles. The lowest BCUT2D eigenvalue weighted by Gasteiger charge is -2.30. The van der Waals surface area contributed by atoms with Crippen LogP contribution in [0.2, 0.25) is 0 Å². The van der Waals surface area contributed by atoms with Gasteiger partial charge < -0.3 is 16.0 Å². The van der Waals surface area contributed by atoms with Gasteiger partial charge in [0, 0.05) is 18.0 Å². The van der Waals surface area contributed by atoms with E-state index in [2.05, 4.69) is 22.2 Å². The summed E-state index contributed by atoms with van der Waals surface area (Å²) >= 11 is 1.37. The molecule has 0 bridgehead atoms. The van der Waals surface area contributed by atoms with E-state index in [4.69, 9.17) is 5.73 Å². The van der Waals surface area contributed by atoms with Gasteiger partial charge in [-0.25, -0.2) is 4.98 Å². The molecule has 17 heavy (non-hydrogen) atoms. The number of amides is 1. The van der Waals surface area contributed by atoms with Crippen molar-refractivity contribution >= 4 is 22.4 Å². The Labute approximate surface area is 105 Å². The second-order valence-electron chi connectivity index (χ2n) is 4.52. The molecule has 0 radical (unpaired) electrons. The van der Waals surface area contributed by atoms with E-state index in [1.165, 1.54) is 11.3 Å². The van der Waals surface area contributed by atoms with Crippen molar-refractivity contribution in [1.82, 2.24) is 15.2 Å². The number of likely N-dealkylation sites (N-methyl/N-ethyl adjacent to an activating group) is 1. The average molecular weight is 254 g/mol. The Morgan fingerprint density at radius 2 is 2.59 bits per heavy atom. The number of hydrogen-bond donors (Lipinski definition) is 2. The lowest BCUT2D eigenvalue weighted by molar-refractivity contribution is -0.121. The molecule has 0 spiro atoms. The second kappa shape index (κ2) is 5.46. The molecule has 1 fully saturated rings. The SMILES string of the molecule is CN1CCCC(NC(=O)Cc2csc(N)n2)C1. The summed E-state index contributed by atoms with van der Waals surface area (Å²) in [7, 11) is 2.08. The molecular formula is C11H18N4OS. The third-order valence-corrected chi connectivity index (χ3v) is 3.62. The highest BCUT2D eigenvalue weighted by molar-refractivity contribution is 7.13. The highest BCUT2D eigenvalue weighted by atomic mass is 32.1. The van der Waals surface area contributed by atoms with E-state index in [1.54, 1.807) is 0 Å². The van der Waals surface area contributed by atoms with Gasteiger partial charge in [-0.3, -0.25) is 4.79 Å². The van der Waals surface area contributed by atoms with Gasteiger partial charge in [0.25, 0.3) is 0 Å². The Balaban J connectivity index is 1.80. The summed E-state index contributed by atoms with van der Waals surface area (Å²) in [5.41, 5.74) is 6.28. The molecule has 94 valence electrons. The maximum absolute atomic E-state index is 11.8. The van der Waals surface area contributed by atoms with Crippen molar-refractivity contribution in [3.8, 4) is 0 Å².